The third-order valence-electron chi connectivity index (χ3n) is 4.29. The smallest absolute Gasteiger partial charge is 0.228 e. The maximum absolute atomic E-state index is 13.0. The first-order valence-corrected chi connectivity index (χ1v) is 10.7. The molecule has 0 spiro atoms. The number of halogens is 1. The maximum atomic E-state index is 13.0. The molecule has 1 amide bonds. The summed E-state index contributed by atoms with van der Waals surface area (Å²) in [6.45, 7) is 2.75. The number of carbonyl (C=O) groups excluding carboxylic acids is 1. The lowest BCUT2D eigenvalue weighted by atomic mass is 10.1. The Morgan fingerprint density at radius 2 is 1.63 bits per heavy atom. The molecule has 0 aliphatic carbocycles. The van der Waals surface area contributed by atoms with Gasteiger partial charge in [-0.3, -0.25) is 4.79 Å². The van der Waals surface area contributed by atoms with Gasteiger partial charge in [-0.2, -0.15) is 0 Å². The number of rotatable bonds is 9. The normalized spacial score (nSPS) is 11.6. The van der Waals surface area contributed by atoms with Gasteiger partial charge in [-0.25, -0.2) is 17.1 Å². The van der Waals surface area contributed by atoms with Gasteiger partial charge >= 0.3 is 0 Å². The molecule has 5 nitrogen and oxygen atoms in total. The summed E-state index contributed by atoms with van der Waals surface area (Å²) in [5.41, 5.74) is 1.64. The number of anilines is 1. The molecule has 2 aromatic rings. The lowest BCUT2D eigenvalue weighted by molar-refractivity contribution is -0.118. The number of nitrogens with zero attached hydrogens (tertiary/aromatic N) is 2. The van der Waals surface area contributed by atoms with Crippen molar-refractivity contribution in [1.82, 2.24) is 4.31 Å². The molecular weight excluding hydrogens is 367 g/mol. The van der Waals surface area contributed by atoms with Crippen molar-refractivity contribution in [2.45, 2.75) is 19.8 Å². The minimum Gasteiger partial charge on any atom is -0.313 e. The quantitative estimate of drug-likeness (QED) is 0.659. The van der Waals surface area contributed by atoms with Crippen molar-refractivity contribution in [3.8, 4) is 0 Å². The molecule has 0 radical (unpaired) electrons. The fourth-order valence-electron chi connectivity index (χ4n) is 2.81. The van der Waals surface area contributed by atoms with Crippen LogP contribution >= 0.6 is 0 Å². The van der Waals surface area contributed by atoms with Gasteiger partial charge in [0, 0.05) is 31.7 Å². The van der Waals surface area contributed by atoms with Crippen LogP contribution in [0.3, 0.4) is 0 Å². The maximum Gasteiger partial charge on any atom is 0.228 e. The molecule has 2 aromatic carbocycles. The Hall–Kier alpha value is -2.25. The molecule has 0 saturated heterocycles. The zero-order chi connectivity index (χ0) is 19.9. The van der Waals surface area contributed by atoms with E-state index in [1.807, 2.05) is 37.3 Å². The summed E-state index contributed by atoms with van der Waals surface area (Å²) < 4.78 is 38.4. The van der Waals surface area contributed by atoms with E-state index in [0.717, 1.165) is 17.5 Å². The minimum absolute atomic E-state index is 0.0965. The Bertz CT molecular complexity index is 839. The Kier molecular flexibility index (Phi) is 7.50. The van der Waals surface area contributed by atoms with E-state index >= 15 is 0 Å². The number of amides is 1. The Labute approximate surface area is 160 Å². The predicted molar refractivity (Wildman–Crippen MR) is 106 cm³/mol. The first-order valence-electron chi connectivity index (χ1n) is 8.86. The van der Waals surface area contributed by atoms with Crippen LogP contribution in [0.2, 0.25) is 0 Å². The zero-order valence-corrected chi connectivity index (χ0v) is 16.5. The molecule has 0 atom stereocenters. The summed E-state index contributed by atoms with van der Waals surface area (Å²) in [4.78, 5) is 14.2. The number of para-hydroxylation sites is 1. The van der Waals surface area contributed by atoms with E-state index in [1.54, 1.807) is 17.0 Å². The predicted octanol–water partition coefficient (Wildman–Crippen LogP) is 3.07. The molecular formula is C20H25FN2O3S. The number of hydrogen-bond acceptors (Lipinski definition) is 3. The fraction of sp³-hybridized carbons (Fsp3) is 0.350. The molecule has 27 heavy (non-hydrogen) atoms. The van der Waals surface area contributed by atoms with Crippen molar-refractivity contribution in [3.05, 3.63) is 66.0 Å². The van der Waals surface area contributed by atoms with Crippen LogP contribution in [-0.4, -0.2) is 44.5 Å². The van der Waals surface area contributed by atoms with Gasteiger partial charge < -0.3 is 4.90 Å². The van der Waals surface area contributed by atoms with Gasteiger partial charge in [0.05, 0.1) is 6.26 Å². The molecule has 0 unspecified atom stereocenters. The summed E-state index contributed by atoms with van der Waals surface area (Å²) in [7, 11) is -3.45. The molecule has 2 rings (SSSR count). The average Bonchev–Trinajstić information content (AvgIpc) is 2.63. The van der Waals surface area contributed by atoms with Crippen molar-refractivity contribution in [2.75, 3.05) is 30.8 Å². The Morgan fingerprint density at radius 3 is 2.19 bits per heavy atom. The third kappa shape index (κ3) is 6.45. The summed E-state index contributed by atoms with van der Waals surface area (Å²) in [6, 6.07) is 15.3. The summed E-state index contributed by atoms with van der Waals surface area (Å²) in [5, 5.41) is 0. The van der Waals surface area contributed by atoms with Crippen molar-refractivity contribution in [3.63, 3.8) is 0 Å². The topological polar surface area (TPSA) is 57.7 Å². The summed E-state index contributed by atoms with van der Waals surface area (Å²) in [5.74, 6) is -0.455. The second-order valence-electron chi connectivity index (χ2n) is 6.26. The lowest BCUT2D eigenvalue weighted by Crippen LogP contribution is -2.37. The molecule has 0 aliphatic heterocycles. The number of carbonyl (C=O) groups is 1. The fourth-order valence-corrected chi connectivity index (χ4v) is 3.66. The minimum atomic E-state index is -3.45. The van der Waals surface area contributed by atoms with Crippen LogP contribution in [0.25, 0.3) is 0 Å². The van der Waals surface area contributed by atoms with Gasteiger partial charge in [0.2, 0.25) is 15.9 Å². The highest BCUT2D eigenvalue weighted by atomic mass is 32.2. The van der Waals surface area contributed by atoms with E-state index in [4.69, 9.17) is 0 Å². The highest BCUT2D eigenvalue weighted by Gasteiger charge is 2.20. The Morgan fingerprint density at radius 1 is 1.00 bits per heavy atom. The van der Waals surface area contributed by atoms with Gasteiger partial charge in [-0.05, 0) is 43.2 Å². The van der Waals surface area contributed by atoms with E-state index in [2.05, 4.69) is 0 Å². The van der Waals surface area contributed by atoms with Crippen molar-refractivity contribution < 1.29 is 17.6 Å². The highest BCUT2D eigenvalue weighted by Crippen LogP contribution is 2.15. The van der Waals surface area contributed by atoms with E-state index in [-0.39, 0.29) is 31.2 Å². The van der Waals surface area contributed by atoms with Crippen molar-refractivity contribution in [1.29, 1.82) is 0 Å². The van der Waals surface area contributed by atoms with E-state index in [0.29, 0.717) is 13.0 Å². The summed E-state index contributed by atoms with van der Waals surface area (Å²) in [6.07, 6.45) is 1.69. The van der Waals surface area contributed by atoms with Gasteiger partial charge in [0.1, 0.15) is 5.82 Å². The number of benzene rings is 2. The molecule has 0 heterocycles. The van der Waals surface area contributed by atoms with E-state index in [1.165, 1.54) is 16.4 Å². The molecule has 0 aliphatic rings. The standard InChI is InChI=1S/C20H25FN2O3S/c1-3-23(19-7-5-4-6-8-19)20(24)14-16-22(27(2,25)26)15-13-17-9-11-18(21)12-10-17/h4-12H,3,13-16H2,1-2H3. The van der Waals surface area contributed by atoms with Crippen LogP contribution in [0.1, 0.15) is 18.9 Å². The highest BCUT2D eigenvalue weighted by molar-refractivity contribution is 7.88. The first kappa shape index (κ1) is 21.1. The van der Waals surface area contributed by atoms with Crippen LogP contribution in [-0.2, 0) is 21.2 Å². The van der Waals surface area contributed by atoms with Crippen molar-refractivity contribution in [2.24, 2.45) is 0 Å². The van der Waals surface area contributed by atoms with Crippen molar-refractivity contribution >= 4 is 21.6 Å². The van der Waals surface area contributed by atoms with Crippen LogP contribution in [0.5, 0.6) is 0 Å². The number of hydrogen-bond donors (Lipinski definition) is 0. The second kappa shape index (κ2) is 9.62. The van der Waals surface area contributed by atoms with Crippen LogP contribution in [0, 0.1) is 5.82 Å². The van der Waals surface area contributed by atoms with Gasteiger partial charge in [0.15, 0.2) is 0 Å². The van der Waals surface area contributed by atoms with Gasteiger partial charge in [0.25, 0.3) is 0 Å². The number of sulfonamides is 1. The third-order valence-corrected chi connectivity index (χ3v) is 5.60. The zero-order valence-electron chi connectivity index (χ0n) is 15.6. The largest absolute Gasteiger partial charge is 0.313 e. The SMILES string of the molecule is CCN(C(=O)CCN(CCc1ccc(F)cc1)S(C)(=O)=O)c1ccccc1. The first-order chi connectivity index (χ1) is 12.8. The van der Waals surface area contributed by atoms with E-state index in [9.17, 15) is 17.6 Å². The molecule has 0 fully saturated rings. The molecule has 0 N–H and O–H groups in total. The van der Waals surface area contributed by atoms with Gasteiger partial charge in [-0.1, -0.05) is 30.3 Å². The van der Waals surface area contributed by atoms with Crippen LogP contribution in [0.4, 0.5) is 10.1 Å². The van der Waals surface area contributed by atoms with Crippen LogP contribution in [0.15, 0.2) is 54.6 Å². The lowest BCUT2D eigenvalue weighted by Gasteiger charge is -2.24. The average molecular weight is 392 g/mol. The molecule has 0 saturated carbocycles. The molecule has 0 aromatic heterocycles. The van der Waals surface area contributed by atoms with Gasteiger partial charge in [-0.15, -0.1) is 0 Å². The molecule has 146 valence electrons. The molecule has 0 bridgehead atoms. The Balaban J connectivity index is 1.99. The second-order valence-corrected chi connectivity index (χ2v) is 8.24. The summed E-state index contributed by atoms with van der Waals surface area (Å²) >= 11 is 0. The monoisotopic (exact) mass is 392 g/mol. The van der Waals surface area contributed by atoms with Crippen LogP contribution < -0.4 is 4.90 Å². The van der Waals surface area contributed by atoms with E-state index < -0.39 is 10.0 Å². The molecule has 7 heteroatoms.